The fourth-order valence-corrected chi connectivity index (χ4v) is 3.73. The first-order chi connectivity index (χ1) is 8.84. The number of carbonyl (C=O) groups is 1. The molecular formula is C15H30N2OS. The second kappa shape index (κ2) is 7.53. The molecule has 0 spiro atoms. The number of hydrogen-bond donors (Lipinski definition) is 1. The first kappa shape index (κ1) is 16.8. The van der Waals surface area contributed by atoms with Crippen molar-refractivity contribution in [2.75, 3.05) is 25.4 Å². The lowest BCUT2D eigenvalue weighted by atomic mass is 9.76. The Morgan fingerprint density at radius 1 is 1.42 bits per heavy atom. The summed E-state index contributed by atoms with van der Waals surface area (Å²) in [6.45, 7) is 11.5. The fraction of sp³-hybridized carbons (Fsp3) is 0.933. The van der Waals surface area contributed by atoms with Gasteiger partial charge in [-0.25, -0.2) is 0 Å². The topological polar surface area (TPSA) is 46.3 Å². The van der Waals surface area contributed by atoms with Crippen molar-refractivity contribution < 1.29 is 4.79 Å². The summed E-state index contributed by atoms with van der Waals surface area (Å²) in [6.07, 6.45) is 2.67. The lowest BCUT2D eigenvalue weighted by Gasteiger charge is -2.33. The Balaban J connectivity index is 2.43. The summed E-state index contributed by atoms with van der Waals surface area (Å²) in [5, 5.41) is 0.583. The van der Waals surface area contributed by atoms with Gasteiger partial charge in [-0.2, -0.15) is 11.8 Å². The molecule has 1 aliphatic heterocycles. The van der Waals surface area contributed by atoms with E-state index in [1.165, 1.54) is 0 Å². The van der Waals surface area contributed by atoms with Gasteiger partial charge < -0.3 is 10.6 Å². The van der Waals surface area contributed by atoms with E-state index in [0.717, 1.165) is 31.7 Å². The second-order valence-corrected chi connectivity index (χ2v) is 8.25. The molecule has 1 heterocycles. The van der Waals surface area contributed by atoms with Gasteiger partial charge in [-0.3, -0.25) is 4.79 Å². The van der Waals surface area contributed by atoms with E-state index in [4.69, 9.17) is 5.73 Å². The average molecular weight is 286 g/mol. The normalized spacial score (nSPS) is 22.4. The van der Waals surface area contributed by atoms with Gasteiger partial charge in [0.05, 0.1) is 0 Å². The average Bonchev–Trinajstić information content (AvgIpc) is 2.32. The summed E-state index contributed by atoms with van der Waals surface area (Å²) >= 11 is 1.97. The van der Waals surface area contributed by atoms with E-state index in [1.54, 1.807) is 0 Å². The van der Waals surface area contributed by atoms with Crippen molar-refractivity contribution in [1.82, 2.24) is 4.90 Å². The molecule has 3 nitrogen and oxygen atoms in total. The van der Waals surface area contributed by atoms with Crippen LogP contribution >= 0.6 is 11.8 Å². The molecule has 2 atom stereocenters. The molecule has 112 valence electrons. The first-order valence-electron chi connectivity index (χ1n) is 7.44. The van der Waals surface area contributed by atoms with Crippen LogP contribution in [0.25, 0.3) is 0 Å². The van der Waals surface area contributed by atoms with Gasteiger partial charge in [-0.1, -0.05) is 27.7 Å². The highest BCUT2D eigenvalue weighted by Gasteiger charge is 2.26. The van der Waals surface area contributed by atoms with E-state index in [0.29, 0.717) is 30.0 Å². The molecule has 0 aromatic heterocycles. The monoisotopic (exact) mass is 286 g/mol. The van der Waals surface area contributed by atoms with Gasteiger partial charge in [-0.05, 0) is 30.7 Å². The number of hydrogen-bond acceptors (Lipinski definition) is 3. The first-order valence-corrected chi connectivity index (χ1v) is 8.49. The molecular weight excluding hydrogens is 256 g/mol. The van der Waals surface area contributed by atoms with Crippen LogP contribution in [-0.4, -0.2) is 41.4 Å². The molecule has 1 rings (SSSR count). The molecule has 1 saturated heterocycles. The fourth-order valence-electron chi connectivity index (χ4n) is 2.71. The lowest BCUT2D eigenvalue weighted by molar-refractivity contribution is -0.131. The van der Waals surface area contributed by atoms with Gasteiger partial charge >= 0.3 is 0 Å². The van der Waals surface area contributed by atoms with Gasteiger partial charge in [0.1, 0.15) is 0 Å². The van der Waals surface area contributed by atoms with Crippen molar-refractivity contribution in [2.24, 2.45) is 17.1 Å². The Morgan fingerprint density at radius 2 is 2.11 bits per heavy atom. The molecule has 1 aliphatic rings. The standard InChI is InChI=1S/C15H30N2OS/c1-12-11-17(9-10-19-12)14(18)6-5-13(7-8-16)15(2,3)4/h12-13H,5-11,16H2,1-4H3. The van der Waals surface area contributed by atoms with Crippen LogP contribution in [0.15, 0.2) is 0 Å². The molecule has 0 aliphatic carbocycles. The van der Waals surface area contributed by atoms with Gasteiger partial charge in [0.25, 0.3) is 0 Å². The van der Waals surface area contributed by atoms with Crippen LogP contribution in [0.1, 0.15) is 47.0 Å². The third-order valence-corrected chi connectivity index (χ3v) is 5.18. The van der Waals surface area contributed by atoms with E-state index < -0.39 is 0 Å². The van der Waals surface area contributed by atoms with Crippen LogP contribution in [-0.2, 0) is 4.79 Å². The third kappa shape index (κ3) is 5.74. The van der Waals surface area contributed by atoms with Crippen molar-refractivity contribution in [3.8, 4) is 0 Å². The van der Waals surface area contributed by atoms with Gasteiger partial charge in [-0.15, -0.1) is 0 Å². The molecule has 19 heavy (non-hydrogen) atoms. The zero-order valence-corrected chi connectivity index (χ0v) is 13.8. The molecule has 0 bridgehead atoms. The molecule has 0 aromatic rings. The number of carbonyl (C=O) groups excluding carboxylic acids is 1. The Bertz CT molecular complexity index is 288. The Labute approximate surface area is 122 Å². The maximum Gasteiger partial charge on any atom is 0.222 e. The Hall–Kier alpha value is -0.220. The predicted molar refractivity (Wildman–Crippen MR) is 84.4 cm³/mol. The quantitative estimate of drug-likeness (QED) is 0.845. The minimum Gasteiger partial charge on any atom is -0.341 e. The summed E-state index contributed by atoms with van der Waals surface area (Å²) < 4.78 is 0. The second-order valence-electron chi connectivity index (χ2n) is 6.70. The number of nitrogens with zero attached hydrogens (tertiary/aromatic N) is 1. The van der Waals surface area contributed by atoms with Gasteiger partial charge in [0.15, 0.2) is 0 Å². The van der Waals surface area contributed by atoms with E-state index in [1.807, 2.05) is 16.7 Å². The maximum absolute atomic E-state index is 12.3. The number of nitrogens with two attached hydrogens (primary N) is 1. The number of amides is 1. The van der Waals surface area contributed by atoms with E-state index in [9.17, 15) is 4.79 Å². The van der Waals surface area contributed by atoms with E-state index >= 15 is 0 Å². The summed E-state index contributed by atoms with van der Waals surface area (Å²) in [4.78, 5) is 14.3. The van der Waals surface area contributed by atoms with Crippen LogP contribution in [0.3, 0.4) is 0 Å². The minimum absolute atomic E-state index is 0.241. The van der Waals surface area contributed by atoms with Crippen LogP contribution < -0.4 is 5.73 Å². The van der Waals surface area contributed by atoms with Gasteiger partial charge in [0, 0.05) is 30.5 Å². The minimum atomic E-state index is 0.241. The van der Waals surface area contributed by atoms with Crippen molar-refractivity contribution in [2.45, 2.75) is 52.2 Å². The van der Waals surface area contributed by atoms with Crippen molar-refractivity contribution >= 4 is 17.7 Å². The molecule has 2 unspecified atom stereocenters. The highest BCUT2D eigenvalue weighted by Crippen LogP contribution is 2.32. The molecule has 1 fully saturated rings. The molecule has 2 N–H and O–H groups in total. The smallest absolute Gasteiger partial charge is 0.222 e. The molecule has 4 heteroatoms. The van der Waals surface area contributed by atoms with Crippen molar-refractivity contribution in [3.05, 3.63) is 0 Å². The lowest BCUT2D eigenvalue weighted by Crippen LogP contribution is -2.41. The molecule has 0 aromatic carbocycles. The third-order valence-electron chi connectivity index (χ3n) is 4.04. The van der Waals surface area contributed by atoms with Crippen LogP contribution in [0.2, 0.25) is 0 Å². The summed E-state index contributed by atoms with van der Waals surface area (Å²) in [6, 6.07) is 0. The summed E-state index contributed by atoms with van der Waals surface area (Å²) in [5.74, 6) is 1.95. The number of thioether (sulfide) groups is 1. The SMILES string of the molecule is CC1CN(C(=O)CCC(CCN)C(C)(C)C)CCS1. The van der Waals surface area contributed by atoms with E-state index in [2.05, 4.69) is 27.7 Å². The van der Waals surface area contributed by atoms with Crippen LogP contribution in [0, 0.1) is 11.3 Å². The summed E-state index contributed by atoms with van der Waals surface area (Å²) in [7, 11) is 0. The van der Waals surface area contributed by atoms with Crippen LogP contribution in [0.5, 0.6) is 0 Å². The maximum atomic E-state index is 12.3. The zero-order chi connectivity index (χ0) is 14.5. The highest BCUT2D eigenvalue weighted by atomic mass is 32.2. The van der Waals surface area contributed by atoms with Crippen molar-refractivity contribution in [3.63, 3.8) is 0 Å². The molecule has 0 saturated carbocycles. The molecule has 1 amide bonds. The number of rotatable bonds is 5. The predicted octanol–water partition coefficient (Wildman–Crippen LogP) is 2.74. The van der Waals surface area contributed by atoms with Gasteiger partial charge in [0.2, 0.25) is 5.91 Å². The van der Waals surface area contributed by atoms with Crippen LogP contribution in [0.4, 0.5) is 0 Å². The Morgan fingerprint density at radius 3 is 2.63 bits per heavy atom. The largest absolute Gasteiger partial charge is 0.341 e. The zero-order valence-electron chi connectivity index (χ0n) is 12.9. The van der Waals surface area contributed by atoms with Crippen molar-refractivity contribution in [1.29, 1.82) is 0 Å². The summed E-state index contributed by atoms with van der Waals surface area (Å²) in [5.41, 5.74) is 5.94. The van der Waals surface area contributed by atoms with E-state index in [-0.39, 0.29) is 5.41 Å². The highest BCUT2D eigenvalue weighted by molar-refractivity contribution is 7.99. The Kier molecular flexibility index (Phi) is 6.67. The molecule has 0 radical (unpaired) electrons.